The molecule has 0 aromatic heterocycles. The van der Waals surface area contributed by atoms with Crippen LogP contribution in [-0.4, -0.2) is 34.3 Å². The summed E-state index contributed by atoms with van der Waals surface area (Å²) in [7, 11) is 0. The van der Waals surface area contributed by atoms with Crippen molar-refractivity contribution in [3.63, 3.8) is 0 Å². The number of hydrogen-bond donors (Lipinski definition) is 1. The summed E-state index contributed by atoms with van der Waals surface area (Å²) in [4.78, 5) is 26.4. The Morgan fingerprint density at radius 1 is 1.15 bits per heavy atom. The highest BCUT2D eigenvalue weighted by Crippen LogP contribution is 2.29. The summed E-state index contributed by atoms with van der Waals surface area (Å²) in [5.74, 6) is 0.0417. The van der Waals surface area contributed by atoms with E-state index in [9.17, 15) is 14.0 Å². The second-order valence-electron chi connectivity index (χ2n) is 6.79. The quantitative estimate of drug-likeness (QED) is 0.746. The second-order valence-corrected chi connectivity index (χ2v) is 7.78. The number of carbonyl (C=O) groups is 2. The van der Waals surface area contributed by atoms with Crippen molar-refractivity contribution in [1.29, 1.82) is 0 Å². The van der Waals surface area contributed by atoms with Crippen molar-refractivity contribution in [1.82, 2.24) is 4.90 Å². The molecule has 0 unspecified atom stereocenters. The SMILES string of the molecule is Cc1cccc(NC(=O)CSCC(=O)N(Cc2cccc(F)c2)C2CC2)c1. The van der Waals surface area contributed by atoms with Gasteiger partial charge in [0.25, 0.3) is 0 Å². The number of nitrogens with zero attached hydrogens (tertiary/aromatic N) is 1. The lowest BCUT2D eigenvalue weighted by molar-refractivity contribution is -0.129. The standard InChI is InChI=1S/C21H23FN2O2S/c1-15-4-2-7-18(10-15)23-20(25)13-27-14-21(26)24(19-8-9-19)12-16-5-3-6-17(22)11-16/h2-7,10-11,19H,8-9,12-14H2,1H3,(H,23,25). The van der Waals surface area contributed by atoms with Gasteiger partial charge in [-0.1, -0.05) is 24.3 Å². The van der Waals surface area contributed by atoms with Gasteiger partial charge in [0.15, 0.2) is 0 Å². The molecule has 0 aliphatic heterocycles. The Morgan fingerprint density at radius 2 is 1.93 bits per heavy atom. The lowest BCUT2D eigenvalue weighted by atomic mass is 10.2. The largest absolute Gasteiger partial charge is 0.335 e. The van der Waals surface area contributed by atoms with Crippen LogP contribution in [0.2, 0.25) is 0 Å². The maximum Gasteiger partial charge on any atom is 0.234 e. The topological polar surface area (TPSA) is 49.4 Å². The van der Waals surface area contributed by atoms with Crippen LogP contribution >= 0.6 is 11.8 Å². The van der Waals surface area contributed by atoms with Crippen LogP contribution in [0, 0.1) is 12.7 Å². The second kappa shape index (κ2) is 9.04. The van der Waals surface area contributed by atoms with Crippen molar-refractivity contribution in [2.24, 2.45) is 0 Å². The van der Waals surface area contributed by atoms with Crippen molar-refractivity contribution >= 4 is 29.3 Å². The zero-order chi connectivity index (χ0) is 19.2. The van der Waals surface area contributed by atoms with Crippen LogP contribution in [0.4, 0.5) is 10.1 Å². The number of hydrogen-bond acceptors (Lipinski definition) is 3. The highest BCUT2D eigenvalue weighted by Gasteiger charge is 2.32. The Balaban J connectivity index is 1.47. The summed E-state index contributed by atoms with van der Waals surface area (Å²) in [5.41, 5.74) is 2.63. The fourth-order valence-electron chi connectivity index (χ4n) is 2.87. The Hall–Kier alpha value is -2.34. The third-order valence-electron chi connectivity index (χ3n) is 4.31. The van der Waals surface area contributed by atoms with E-state index < -0.39 is 0 Å². The fourth-order valence-corrected chi connectivity index (χ4v) is 3.57. The minimum Gasteiger partial charge on any atom is -0.335 e. The number of aryl methyl sites for hydroxylation is 1. The van der Waals surface area contributed by atoms with Crippen molar-refractivity contribution in [2.75, 3.05) is 16.8 Å². The van der Waals surface area contributed by atoms with Crippen LogP contribution < -0.4 is 5.32 Å². The number of carbonyl (C=O) groups excluding carboxylic acids is 2. The number of anilines is 1. The average molecular weight is 386 g/mol. The van der Waals surface area contributed by atoms with Crippen LogP contribution in [0.5, 0.6) is 0 Å². The van der Waals surface area contributed by atoms with E-state index in [1.807, 2.05) is 37.3 Å². The van der Waals surface area contributed by atoms with Crippen molar-refractivity contribution < 1.29 is 14.0 Å². The molecule has 1 aliphatic carbocycles. The molecule has 0 atom stereocenters. The molecule has 2 amide bonds. The van der Waals surface area contributed by atoms with Crippen LogP contribution in [0.1, 0.15) is 24.0 Å². The number of amides is 2. The van der Waals surface area contributed by atoms with Gasteiger partial charge in [0.1, 0.15) is 5.82 Å². The van der Waals surface area contributed by atoms with Gasteiger partial charge in [0, 0.05) is 18.3 Å². The number of thioether (sulfide) groups is 1. The molecule has 1 N–H and O–H groups in total. The molecular weight excluding hydrogens is 363 g/mol. The van der Waals surface area contributed by atoms with E-state index in [1.54, 1.807) is 11.0 Å². The van der Waals surface area contributed by atoms with Gasteiger partial charge >= 0.3 is 0 Å². The minimum atomic E-state index is -0.294. The monoisotopic (exact) mass is 386 g/mol. The molecule has 1 saturated carbocycles. The normalized spacial score (nSPS) is 13.3. The fraction of sp³-hybridized carbons (Fsp3) is 0.333. The molecule has 1 aliphatic rings. The summed E-state index contributed by atoms with van der Waals surface area (Å²) < 4.78 is 13.4. The Bertz CT molecular complexity index is 823. The van der Waals surface area contributed by atoms with Gasteiger partial charge in [-0.2, -0.15) is 0 Å². The molecule has 27 heavy (non-hydrogen) atoms. The Morgan fingerprint density at radius 3 is 2.63 bits per heavy atom. The zero-order valence-electron chi connectivity index (χ0n) is 15.3. The van der Waals surface area contributed by atoms with Crippen LogP contribution in [0.25, 0.3) is 0 Å². The summed E-state index contributed by atoms with van der Waals surface area (Å²) in [6, 6.07) is 14.2. The summed E-state index contributed by atoms with van der Waals surface area (Å²) in [6.07, 6.45) is 1.97. The van der Waals surface area contributed by atoms with E-state index in [0.717, 1.165) is 29.7 Å². The van der Waals surface area contributed by atoms with E-state index >= 15 is 0 Å². The highest BCUT2D eigenvalue weighted by molar-refractivity contribution is 8.00. The van der Waals surface area contributed by atoms with Crippen LogP contribution in [0.3, 0.4) is 0 Å². The predicted octanol–water partition coefficient (Wildman–Crippen LogP) is 4.00. The molecule has 0 spiro atoms. The van der Waals surface area contributed by atoms with Gasteiger partial charge < -0.3 is 10.2 Å². The first-order valence-corrected chi connectivity index (χ1v) is 10.1. The first-order valence-electron chi connectivity index (χ1n) is 8.99. The molecule has 142 valence electrons. The minimum absolute atomic E-state index is 0.00452. The zero-order valence-corrected chi connectivity index (χ0v) is 16.1. The van der Waals surface area contributed by atoms with Crippen molar-refractivity contribution in [3.8, 4) is 0 Å². The molecule has 2 aromatic carbocycles. The maximum absolute atomic E-state index is 13.4. The van der Waals surface area contributed by atoms with E-state index in [1.165, 1.54) is 23.9 Å². The van der Waals surface area contributed by atoms with E-state index in [-0.39, 0.29) is 35.2 Å². The lowest BCUT2D eigenvalue weighted by Gasteiger charge is -2.22. The molecule has 0 bridgehead atoms. The number of rotatable bonds is 8. The van der Waals surface area contributed by atoms with Gasteiger partial charge in [0.05, 0.1) is 11.5 Å². The molecule has 1 fully saturated rings. The van der Waals surface area contributed by atoms with Gasteiger partial charge in [-0.25, -0.2) is 4.39 Å². The molecule has 4 nitrogen and oxygen atoms in total. The number of benzene rings is 2. The lowest BCUT2D eigenvalue weighted by Crippen LogP contribution is -2.34. The van der Waals surface area contributed by atoms with Gasteiger partial charge in [-0.3, -0.25) is 9.59 Å². The van der Waals surface area contributed by atoms with Gasteiger partial charge in [-0.05, 0) is 55.2 Å². The van der Waals surface area contributed by atoms with Crippen molar-refractivity contribution in [3.05, 3.63) is 65.5 Å². The van der Waals surface area contributed by atoms with E-state index in [4.69, 9.17) is 0 Å². The van der Waals surface area contributed by atoms with E-state index in [2.05, 4.69) is 5.32 Å². The van der Waals surface area contributed by atoms with Crippen LogP contribution in [-0.2, 0) is 16.1 Å². The summed E-state index contributed by atoms with van der Waals surface area (Å²) in [6.45, 7) is 2.38. The third kappa shape index (κ3) is 6.10. The highest BCUT2D eigenvalue weighted by atomic mass is 32.2. The van der Waals surface area contributed by atoms with Gasteiger partial charge in [0.2, 0.25) is 11.8 Å². The first-order chi connectivity index (χ1) is 13.0. The molecule has 3 rings (SSSR count). The predicted molar refractivity (Wildman–Crippen MR) is 107 cm³/mol. The summed E-state index contributed by atoms with van der Waals surface area (Å²) in [5, 5.41) is 2.84. The third-order valence-corrected chi connectivity index (χ3v) is 5.23. The molecular formula is C21H23FN2O2S. The molecule has 6 heteroatoms. The molecule has 0 radical (unpaired) electrons. The van der Waals surface area contributed by atoms with Crippen LogP contribution in [0.15, 0.2) is 48.5 Å². The summed E-state index contributed by atoms with van der Waals surface area (Å²) >= 11 is 1.30. The number of halogens is 1. The molecule has 0 heterocycles. The smallest absolute Gasteiger partial charge is 0.234 e. The van der Waals surface area contributed by atoms with Crippen molar-refractivity contribution in [2.45, 2.75) is 32.4 Å². The Labute approximate surface area is 163 Å². The molecule has 2 aromatic rings. The van der Waals surface area contributed by atoms with E-state index in [0.29, 0.717) is 6.54 Å². The number of nitrogens with one attached hydrogen (secondary N) is 1. The van der Waals surface area contributed by atoms with Gasteiger partial charge in [-0.15, -0.1) is 11.8 Å². The maximum atomic E-state index is 13.4. The average Bonchev–Trinajstić information content (AvgIpc) is 3.44. The Kier molecular flexibility index (Phi) is 6.50. The molecule has 0 saturated heterocycles. The first kappa shape index (κ1) is 19.4.